The lowest BCUT2D eigenvalue weighted by Crippen LogP contribution is -2.09. The summed E-state index contributed by atoms with van der Waals surface area (Å²) in [5, 5.41) is 2.25. The van der Waals surface area contributed by atoms with Crippen LogP contribution in [-0.2, 0) is 0 Å². The number of nitrogens with zero attached hydrogens (tertiary/aromatic N) is 1. The van der Waals surface area contributed by atoms with Crippen molar-refractivity contribution in [1.29, 1.82) is 0 Å². The van der Waals surface area contributed by atoms with Crippen LogP contribution in [0.1, 0.15) is 0 Å². The Morgan fingerprint density at radius 1 is 0.268 bits per heavy atom. The molecule has 0 saturated carbocycles. The summed E-state index contributed by atoms with van der Waals surface area (Å²) >= 11 is 0. The van der Waals surface area contributed by atoms with Gasteiger partial charge in [-0.25, -0.2) is 0 Å². The van der Waals surface area contributed by atoms with Crippen LogP contribution >= 0.6 is 0 Å². The molecule has 1 aromatic heterocycles. The van der Waals surface area contributed by atoms with Crippen molar-refractivity contribution in [1.82, 2.24) is 0 Å². The number of furan rings is 1. The van der Waals surface area contributed by atoms with Gasteiger partial charge in [0.1, 0.15) is 11.2 Å². The van der Waals surface area contributed by atoms with Gasteiger partial charge in [0, 0.05) is 33.4 Å². The average Bonchev–Trinajstić information content (AvgIpc) is 3.66. The molecule has 2 nitrogen and oxygen atoms in total. The van der Waals surface area contributed by atoms with Crippen molar-refractivity contribution in [2.75, 3.05) is 4.90 Å². The normalized spacial score (nSPS) is 11.2. The van der Waals surface area contributed by atoms with Crippen LogP contribution in [0.15, 0.2) is 229 Å². The van der Waals surface area contributed by atoms with Gasteiger partial charge in [-0.2, -0.15) is 0 Å². The van der Waals surface area contributed by atoms with Crippen LogP contribution < -0.4 is 4.90 Å². The van der Waals surface area contributed by atoms with Crippen molar-refractivity contribution in [3.63, 3.8) is 0 Å². The first-order valence-electron chi connectivity index (χ1n) is 19.1. The Morgan fingerprint density at radius 2 is 0.661 bits per heavy atom. The van der Waals surface area contributed by atoms with E-state index in [1.807, 2.05) is 6.07 Å². The van der Waals surface area contributed by atoms with Gasteiger partial charge in [0.2, 0.25) is 0 Å². The number of fused-ring (bicyclic) bond motifs is 3. The van der Waals surface area contributed by atoms with Crippen molar-refractivity contribution >= 4 is 39.0 Å². The van der Waals surface area contributed by atoms with Crippen molar-refractivity contribution < 1.29 is 4.42 Å². The lowest BCUT2D eigenvalue weighted by Gasteiger charge is -2.26. The fraction of sp³-hybridized carbons (Fsp3) is 0. The molecule has 0 N–H and O–H groups in total. The minimum absolute atomic E-state index is 0.887. The molecule has 0 amide bonds. The molecule has 9 aromatic carbocycles. The van der Waals surface area contributed by atoms with Gasteiger partial charge in [0.15, 0.2) is 0 Å². The Morgan fingerprint density at radius 3 is 1.20 bits per heavy atom. The van der Waals surface area contributed by atoms with E-state index in [2.05, 4.69) is 223 Å². The molecule has 1 heterocycles. The number of para-hydroxylation sites is 1. The molecule has 0 spiro atoms. The smallest absolute Gasteiger partial charge is 0.143 e. The van der Waals surface area contributed by atoms with E-state index < -0.39 is 0 Å². The first-order chi connectivity index (χ1) is 27.8. The third-order valence-corrected chi connectivity index (χ3v) is 10.7. The van der Waals surface area contributed by atoms with E-state index in [9.17, 15) is 0 Å². The molecular formula is C54H37NO. The highest BCUT2D eigenvalue weighted by Crippen LogP contribution is 2.41. The largest absolute Gasteiger partial charge is 0.455 e. The molecule has 0 atom stereocenters. The fourth-order valence-electron chi connectivity index (χ4n) is 7.90. The second-order valence-corrected chi connectivity index (χ2v) is 14.1. The highest BCUT2D eigenvalue weighted by molar-refractivity contribution is 6.10. The van der Waals surface area contributed by atoms with Gasteiger partial charge in [0.05, 0.1) is 0 Å². The van der Waals surface area contributed by atoms with Crippen molar-refractivity contribution in [2.24, 2.45) is 0 Å². The van der Waals surface area contributed by atoms with Crippen LogP contribution in [-0.4, -0.2) is 0 Å². The Labute approximate surface area is 327 Å². The monoisotopic (exact) mass is 715 g/mol. The first-order valence-corrected chi connectivity index (χ1v) is 19.1. The number of anilines is 3. The predicted molar refractivity (Wildman–Crippen MR) is 236 cm³/mol. The van der Waals surface area contributed by atoms with E-state index in [0.717, 1.165) is 66.8 Å². The highest BCUT2D eigenvalue weighted by Gasteiger charge is 2.17. The van der Waals surface area contributed by atoms with Gasteiger partial charge in [-0.05, 0) is 98.6 Å². The van der Waals surface area contributed by atoms with Crippen molar-refractivity contribution in [3.05, 3.63) is 224 Å². The van der Waals surface area contributed by atoms with Gasteiger partial charge in [0.25, 0.3) is 0 Å². The number of hydrogen-bond donors (Lipinski definition) is 0. The summed E-state index contributed by atoms with van der Waals surface area (Å²) in [6, 6.07) is 79.9. The zero-order valence-corrected chi connectivity index (χ0v) is 30.7. The van der Waals surface area contributed by atoms with E-state index >= 15 is 0 Å². The Balaban J connectivity index is 1.01. The Kier molecular flexibility index (Phi) is 8.55. The quantitative estimate of drug-likeness (QED) is 0.156. The maximum Gasteiger partial charge on any atom is 0.143 e. The van der Waals surface area contributed by atoms with Crippen molar-refractivity contribution in [3.8, 4) is 55.6 Å². The lowest BCUT2D eigenvalue weighted by molar-refractivity contribution is 0.670. The molecule has 0 radical (unpaired) electrons. The first kappa shape index (κ1) is 33.2. The van der Waals surface area contributed by atoms with Crippen LogP contribution in [0.2, 0.25) is 0 Å². The molecule has 0 fully saturated rings. The molecule has 10 aromatic rings. The predicted octanol–water partition coefficient (Wildman–Crippen LogP) is 15.4. The summed E-state index contributed by atoms with van der Waals surface area (Å²) in [5.74, 6) is 0. The molecule has 56 heavy (non-hydrogen) atoms. The van der Waals surface area contributed by atoms with Crippen LogP contribution in [0.4, 0.5) is 17.1 Å². The SMILES string of the molecule is c1ccc(-c2ccc(N(c3ccc(-c4ccccc4)cc3)c3ccc(-c4ccccc4-c4ccc5c(c4)oc4c(-c6ccccc6)cccc45)cc3)cc2)cc1. The van der Waals surface area contributed by atoms with Crippen LogP contribution in [0.3, 0.4) is 0 Å². The number of benzene rings is 9. The van der Waals surface area contributed by atoms with E-state index in [1.165, 1.54) is 27.8 Å². The fourth-order valence-corrected chi connectivity index (χ4v) is 7.90. The Bertz CT molecular complexity index is 2830. The van der Waals surface area contributed by atoms with Crippen LogP contribution in [0.25, 0.3) is 77.6 Å². The van der Waals surface area contributed by atoms with Gasteiger partial charge in [-0.15, -0.1) is 0 Å². The lowest BCUT2D eigenvalue weighted by atomic mass is 9.93. The third kappa shape index (κ3) is 6.24. The molecule has 0 aliphatic heterocycles. The minimum atomic E-state index is 0.887. The summed E-state index contributed by atoms with van der Waals surface area (Å²) in [6.07, 6.45) is 0. The summed E-state index contributed by atoms with van der Waals surface area (Å²) in [4.78, 5) is 2.33. The number of hydrogen-bond acceptors (Lipinski definition) is 2. The van der Waals surface area contributed by atoms with E-state index in [-0.39, 0.29) is 0 Å². The summed E-state index contributed by atoms with van der Waals surface area (Å²) in [6.45, 7) is 0. The molecule has 2 heteroatoms. The van der Waals surface area contributed by atoms with Gasteiger partial charge < -0.3 is 9.32 Å². The molecule has 264 valence electrons. The second-order valence-electron chi connectivity index (χ2n) is 14.1. The summed E-state index contributed by atoms with van der Waals surface area (Å²) in [5.41, 5.74) is 16.8. The van der Waals surface area contributed by atoms with Gasteiger partial charge in [-0.3, -0.25) is 0 Å². The van der Waals surface area contributed by atoms with Crippen LogP contribution in [0, 0.1) is 0 Å². The van der Waals surface area contributed by atoms with Crippen molar-refractivity contribution in [2.45, 2.75) is 0 Å². The molecule has 0 saturated heterocycles. The summed E-state index contributed by atoms with van der Waals surface area (Å²) in [7, 11) is 0. The standard InChI is InChI=1S/C54H37NO/c1-4-13-38(14-5-1)40-23-30-45(31-24-40)55(46-32-25-41(26-33-46)39-15-6-2-7-16-39)47-34-27-43(28-35-47)48-19-10-11-20-49(48)44-29-36-51-52-22-12-21-50(42-17-8-3-9-18-42)54(52)56-53(51)37-44/h1-37H. The molecule has 0 aliphatic rings. The van der Waals surface area contributed by atoms with E-state index in [0.29, 0.717) is 0 Å². The zero-order valence-electron chi connectivity index (χ0n) is 30.7. The van der Waals surface area contributed by atoms with E-state index in [1.54, 1.807) is 0 Å². The maximum absolute atomic E-state index is 6.63. The Hall–Kier alpha value is -7.42. The summed E-state index contributed by atoms with van der Waals surface area (Å²) < 4.78 is 6.63. The van der Waals surface area contributed by atoms with Crippen LogP contribution in [0.5, 0.6) is 0 Å². The topological polar surface area (TPSA) is 16.4 Å². The molecule has 10 rings (SSSR count). The van der Waals surface area contributed by atoms with Gasteiger partial charge >= 0.3 is 0 Å². The molecule has 0 bridgehead atoms. The third-order valence-electron chi connectivity index (χ3n) is 10.7. The molecule has 0 aliphatic carbocycles. The highest BCUT2D eigenvalue weighted by atomic mass is 16.3. The maximum atomic E-state index is 6.63. The molecule has 0 unspecified atom stereocenters. The zero-order chi connectivity index (χ0) is 37.3. The molecular weight excluding hydrogens is 679 g/mol. The second kappa shape index (κ2) is 14.4. The minimum Gasteiger partial charge on any atom is -0.455 e. The van der Waals surface area contributed by atoms with E-state index in [4.69, 9.17) is 4.42 Å². The number of rotatable bonds is 8. The average molecular weight is 716 g/mol. The van der Waals surface area contributed by atoms with Gasteiger partial charge in [-0.1, -0.05) is 176 Å².